The van der Waals surface area contributed by atoms with Crippen molar-refractivity contribution >= 4 is 5.69 Å². The van der Waals surface area contributed by atoms with Crippen molar-refractivity contribution in [2.24, 2.45) is 5.92 Å². The molecule has 1 aliphatic carbocycles. The molecule has 2 heteroatoms. The molecule has 0 unspecified atom stereocenters. The third-order valence-corrected chi connectivity index (χ3v) is 3.49. The smallest absolute Gasteiger partial charge is 0.0681 e. The third-order valence-electron chi connectivity index (χ3n) is 3.49. The lowest BCUT2D eigenvalue weighted by molar-refractivity contribution is 0.282. The van der Waals surface area contributed by atoms with Crippen LogP contribution in [0.1, 0.15) is 37.7 Å². The van der Waals surface area contributed by atoms with Crippen LogP contribution < -0.4 is 5.32 Å². The van der Waals surface area contributed by atoms with Gasteiger partial charge in [-0.3, -0.25) is 0 Å². The Hall–Kier alpha value is -1.02. The number of hydrogen-bond acceptors (Lipinski definition) is 2. The molecule has 88 valence electrons. The SMILES string of the molecule is OCc1ccc(NCCC2CCCC2)cc1. The molecule has 0 amide bonds. The average molecular weight is 219 g/mol. The summed E-state index contributed by atoms with van der Waals surface area (Å²) >= 11 is 0. The second-order valence-corrected chi connectivity index (χ2v) is 4.72. The van der Waals surface area contributed by atoms with E-state index in [0.29, 0.717) is 0 Å². The number of nitrogens with one attached hydrogen (secondary N) is 1. The van der Waals surface area contributed by atoms with Crippen molar-refractivity contribution in [2.75, 3.05) is 11.9 Å². The zero-order valence-electron chi connectivity index (χ0n) is 9.78. The maximum atomic E-state index is 8.93. The fourth-order valence-corrected chi connectivity index (χ4v) is 2.45. The maximum Gasteiger partial charge on any atom is 0.0681 e. The molecule has 0 radical (unpaired) electrons. The molecule has 1 aromatic rings. The zero-order chi connectivity index (χ0) is 11.2. The van der Waals surface area contributed by atoms with Gasteiger partial charge < -0.3 is 10.4 Å². The normalized spacial score (nSPS) is 16.6. The lowest BCUT2D eigenvalue weighted by Crippen LogP contribution is -2.06. The molecular weight excluding hydrogens is 198 g/mol. The number of benzene rings is 1. The molecule has 0 heterocycles. The molecule has 16 heavy (non-hydrogen) atoms. The summed E-state index contributed by atoms with van der Waals surface area (Å²) < 4.78 is 0. The van der Waals surface area contributed by atoms with Gasteiger partial charge in [0.1, 0.15) is 0 Å². The molecule has 2 N–H and O–H groups in total. The van der Waals surface area contributed by atoms with Gasteiger partial charge in [-0.25, -0.2) is 0 Å². The second kappa shape index (κ2) is 5.90. The van der Waals surface area contributed by atoms with E-state index in [9.17, 15) is 0 Å². The Balaban J connectivity index is 1.71. The van der Waals surface area contributed by atoms with Crippen LogP contribution in [0.25, 0.3) is 0 Å². The first-order valence-corrected chi connectivity index (χ1v) is 6.32. The summed E-state index contributed by atoms with van der Waals surface area (Å²) in [5, 5.41) is 12.4. The van der Waals surface area contributed by atoms with Crippen molar-refractivity contribution < 1.29 is 5.11 Å². The average Bonchev–Trinajstić information content (AvgIpc) is 2.83. The number of rotatable bonds is 5. The van der Waals surface area contributed by atoms with Gasteiger partial charge in [-0.05, 0) is 30.0 Å². The molecule has 0 atom stereocenters. The zero-order valence-corrected chi connectivity index (χ0v) is 9.78. The molecule has 0 spiro atoms. The molecule has 0 aliphatic heterocycles. The fraction of sp³-hybridized carbons (Fsp3) is 0.571. The van der Waals surface area contributed by atoms with E-state index in [2.05, 4.69) is 5.32 Å². The molecular formula is C14H21NO. The Bertz CT molecular complexity index is 301. The quantitative estimate of drug-likeness (QED) is 0.797. The Morgan fingerprint density at radius 3 is 2.44 bits per heavy atom. The molecule has 0 aromatic heterocycles. The Kier molecular flexibility index (Phi) is 4.23. The third kappa shape index (κ3) is 3.24. The van der Waals surface area contributed by atoms with Crippen molar-refractivity contribution in [3.63, 3.8) is 0 Å². The van der Waals surface area contributed by atoms with Crippen LogP contribution in [0, 0.1) is 5.92 Å². The minimum atomic E-state index is 0.127. The van der Waals surface area contributed by atoms with Gasteiger partial charge in [0, 0.05) is 12.2 Å². The van der Waals surface area contributed by atoms with E-state index in [4.69, 9.17) is 5.11 Å². The molecule has 2 nitrogen and oxygen atoms in total. The van der Waals surface area contributed by atoms with E-state index in [1.807, 2.05) is 24.3 Å². The molecule has 1 fully saturated rings. The highest BCUT2D eigenvalue weighted by molar-refractivity contribution is 5.44. The molecule has 0 saturated heterocycles. The Labute approximate surface area is 97.7 Å². The number of aliphatic hydroxyl groups excluding tert-OH is 1. The largest absolute Gasteiger partial charge is 0.392 e. The fourth-order valence-electron chi connectivity index (χ4n) is 2.45. The number of anilines is 1. The van der Waals surface area contributed by atoms with Crippen LogP contribution in [0.4, 0.5) is 5.69 Å². The van der Waals surface area contributed by atoms with Crippen molar-refractivity contribution in [1.29, 1.82) is 0 Å². The first kappa shape index (κ1) is 11.5. The van der Waals surface area contributed by atoms with Gasteiger partial charge in [-0.1, -0.05) is 37.8 Å². The van der Waals surface area contributed by atoms with E-state index < -0.39 is 0 Å². The molecule has 2 rings (SSSR count). The van der Waals surface area contributed by atoms with E-state index >= 15 is 0 Å². The summed E-state index contributed by atoms with van der Waals surface area (Å²) in [7, 11) is 0. The standard InChI is InChI=1S/C14H21NO/c16-11-13-5-7-14(8-6-13)15-10-9-12-3-1-2-4-12/h5-8,12,15-16H,1-4,9-11H2. The van der Waals surface area contributed by atoms with Gasteiger partial charge in [0.15, 0.2) is 0 Å². The second-order valence-electron chi connectivity index (χ2n) is 4.72. The maximum absolute atomic E-state index is 8.93. The van der Waals surface area contributed by atoms with E-state index in [0.717, 1.165) is 23.7 Å². The van der Waals surface area contributed by atoms with E-state index in [1.165, 1.54) is 32.1 Å². The number of aliphatic hydroxyl groups is 1. The van der Waals surface area contributed by atoms with Crippen LogP contribution in [-0.2, 0) is 6.61 Å². The van der Waals surface area contributed by atoms with Crippen LogP contribution in [0.15, 0.2) is 24.3 Å². The first-order valence-electron chi connectivity index (χ1n) is 6.32. The van der Waals surface area contributed by atoms with Crippen LogP contribution in [-0.4, -0.2) is 11.7 Å². The van der Waals surface area contributed by atoms with Crippen molar-refractivity contribution in [2.45, 2.75) is 38.7 Å². The summed E-state index contributed by atoms with van der Waals surface area (Å²) in [4.78, 5) is 0. The molecule has 1 aliphatic rings. The van der Waals surface area contributed by atoms with Crippen molar-refractivity contribution in [3.05, 3.63) is 29.8 Å². The van der Waals surface area contributed by atoms with Gasteiger partial charge in [0.2, 0.25) is 0 Å². The highest BCUT2D eigenvalue weighted by atomic mass is 16.3. The summed E-state index contributed by atoms with van der Waals surface area (Å²) in [6, 6.07) is 8.02. The van der Waals surface area contributed by atoms with Gasteiger partial charge in [0.05, 0.1) is 6.61 Å². The summed E-state index contributed by atoms with van der Waals surface area (Å²) in [6.45, 7) is 1.20. The first-order chi connectivity index (χ1) is 7.88. The summed E-state index contributed by atoms with van der Waals surface area (Å²) in [6.07, 6.45) is 6.99. The Morgan fingerprint density at radius 1 is 1.12 bits per heavy atom. The lowest BCUT2D eigenvalue weighted by atomic mass is 10.0. The monoisotopic (exact) mass is 219 g/mol. The highest BCUT2D eigenvalue weighted by Crippen LogP contribution is 2.27. The molecule has 0 bridgehead atoms. The highest BCUT2D eigenvalue weighted by Gasteiger charge is 2.13. The van der Waals surface area contributed by atoms with Gasteiger partial charge in [0.25, 0.3) is 0 Å². The Morgan fingerprint density at radius 2 is 1.81 bits per heavy atom. The summed E-state index contributed by atoms with van der Waals surface area (Å²) in [5.74, 6) is 0.948. The van der Waals surface area contributed by atoms with Crippen LogP contribution >= 0.6 is 0 Å². The lowest BCUT2D eigenvalue weighted by Gasteiger charge is -2.11. The summed E-state index contributed by atoms with van der Waals surface area (Å²) in [5.41, 5.74) is 2.14. The molecule has 1 saturated carbocycles. The van der Waals surface area contributed by atoms with Gasteiger partial charge >= 0.3 is 0 Å². The van der Waals surface area contributed by atoms with Crippen LogP contribution in [0.2, 0.25) is 0 Å². The van der Waals surface area contributed by atoms with E-state index in [1.54, 1.807) is 0 Å². The minimum absolute atomic E-state index is 0.127. The molecule has 1 aromatic carbocycles. The number of hydrogen-bond donors (Lipinski definition) is 2. The predicted octanol–water partition coefficient (Wildman–Crippen LogP) is 3.17. The minimum Gasteiger partial charge on any atom is -0.392 e. The van der Waals surface area contributed by atoms with Crippen molar-refractivity contribution in [1.82, 2.24) is 0 Å². The topological polar surface area (TPSA) is 32.3 Å². The van der Waals surface area contributed by atoms with E-state index in [-0.39, 0.29) is 6.61 Å². The van der Waals surface area contributed by atoms with Crippen LogP contribution in [0.5, 0.6) is 0 Å². The van der Waals surface area contributed by atoms with Crippen LogP contribution in [0.3, 0.4) is 0 Å². The predicted molar refractivity (Wildman–Crippen MR) is 67.4 cm³/mol. The van der Waals surface area contributed by atoms with Gasteiger partial charge in [-0.15, -0.1) is 0 Å². The van der Waals surface area contributed by atoms with Crippen molar-refractivity contribution in [3.8, 4) is 0 Å². The van der Waals surface area contributed by atoms with Gasteiger partial charge in [-0.2, -0.15) is 0 Å².